The van der Waals surface area contributed by atoms with E-state index in [9.17, 15) is 0 Å². The van der Waals surface area contributed by atoms with Crippen molar-refractivity contribution >= 4 is 23.5 Å². The van der Waals surface area contributed by atoms with E-state index in [1.807, 2.05) is 30.0 Å². The molecule has 35 heavy (non-hydrogen) atoms. The highest BCUT2D eigenvalue weighted by Crippen LogP contribution is 2.55. The lowest BCUT2D eigenvalue weighted by molar-refractivity contribution is 0.0717. The van der Waals surface area contributed by atoms with Crippen molar-refractivity contribution in [2.24, 2.45) is 20.4 Å². The van der Waals surface area contributed by atoms with Gasteiger partial charge >= 0.3 is 0 Å². The van der Waals surface area contributed by atoms with Gasteiger partial charge in [0.05, 0.1) is 23.7 Å². The summed E-state index contributed by atoms with van der Waals surface area (Å²) in [6, 6.07) is 21.4. The fourth-order valence-corrected chi connectivity index (χ4v) is 6.02. The van der Waals surface area contributed by atoms with E-state index in [2.05, 4.69) is 81.2 Å². The maximum absolute atomic E-state index is 5.30. The first-order valence-electron chi connectivity index (χ1n) is 12.7. The van der Waals surface area contributed by atoms with Crippen LogP contribution in [-0.4, -0.2) is 34.0 Å². The molecule has 0 bridgehead atoms. The predicted octanol–water partition coefficient (Wildman–Crippen LogP) is 6.87. The van der Waals surface area contributed by atoms with E-state index in [1.165, 1.54) is 18.4 Å². The molecule has 1 saturated carbocycles. The van der Waals surface area contributed by atoms with Crippen molar-refractivity contribution in [1.82, 2.24) is 9.78 Å². The Bertz CT molecular complexity index is 1280. The minimum atomic E-state index is -0.164. The second-order valence-electron chi connectivity index (χ2n) is 11.0. The van der Waals surface area contributed by atoms with Gasteiger partial charge in [-0.25, -0.2) is 9.67 Å². The molecule has 0 radical (unpaired) electrons. The van der Waals surface area contributed by atoms with Gasteiger partial charge < -0.3 is 0 Å². The average molecular weight is 466 g/mol. The maximum Gasteiger partial charge on any atom is 0.152 e. The predicted molar refractivity (Wildman–Crippen MR) is 146 cm³/mol. The number of hydrogen-bond acceptors (Lipinski definition) is 4. The summed E-state index contributed by atoms with van der Waals surface area (Å²) in [5.41, 5.74) is 6.97. The molecule has 5 nitrogen and oxygen atoms in total. The Morgan fingerprint density at radius 2 is 1.60 bits per heavy atom. The molecule has 1 aliphatic heterocycles. The van der Waals surface area contributed by atoms with Crippen molar-refractivity contribution in [3.05, 3.63) is 83.0 Å². The van der Waals surface area contributed by atoms with Gasteiger partial charge in [-0.2, -0.15) is 5.10 Å². The zero-order valence-electron chi connectivity index (χ0n) is 21.5. The van der Waals surface area contributed by atoms with E-state index in [1.54, 1.807) is 0 Å². The van der Waals surface area contributed by atoms with Gasteiger partial charge in [0.15, 0.2) is 5.82 Å². The van der Waals surface area contributed by atoms with Crippen LogP contribution in [0, 0.1) is 12.3 Å². The van der Waals surface area contributed by atoms with Crippen molar-refractivity contribution < 1.29 is 0 Å². The van der Waals surface area contributed by atoms with Crippen LogP contribution < -0.4 is 0 Å². The molecular formula is C30H35N5. The van der Waals surface area contributed by atoms with Gasteiger partial charge in [-0.3, -0.25) is 9.98 Å². The second-order valence-corrected chi connectivity index (χ2v) is 11.0. The largest absolute Gasteiger partial charge is 0.277 e. The number of aromatic nitrogens is 2. The van der Waals surface area contributed by atoms with Crippen molar-refractivity contribution in [2.45, 2.75) is 65.5 Å². The molecular weight excluding hydrogens is 430 g/mol. The van der Waals surface area contributed by atoms with E-state index < -0.39 is 0 Å². The van der Waals surface area contributed by atoms with Gasteiger partial charge in [0, 0.05) is 23.4 Å². The van der Waals surface area contributed by atoms with Crippen LogP contribution >= 0.6 is 0 Å². The van der Waals surface area contributed by atoms with E-state index in [4.69, 9.17) is 15.1 Å². The quantitative estimate of drug-likeness (QED) is 0.415. The number of fused-ring (bicyclic) bond motifs is 1. The molecule has 0 saturated heterocycles. The summed E-state index contributed by atoms with van der Waals surface area (Å²) >= 11 is 0. The van der Waals surface area contributed by atoms with Crippen LogP contribution in [0.15, 0.2) is 75.6 Å². The van der Waals surface area contributed by atoms with Crippen molar-refractivity contribution in [3.63, 3.8) is 0 Å². The Balaban J connectivity index is 1.62. The normalized spacial score (nSPS) is 20.9. The number of aliphatic imine (C=N–C) groups is 3. The van der Waals surface area contributed by atoms with E-state index in [0.717, 1.165) is 40.5 Å². The van der Waals surface area contributed by atoms with Crippen LogP contribution in [0.5, 0.6) is 0 Å². The van der Waals surface area contributed by atoms with E-state index >= 15 is 0 Å². The molecule has 1 atom stereocenters. The van der Waals surface area contributed by atoms with Gasteiger partial charge in [-0.1, -0.05) is 82.3 Å². The topological polar surface area (TPSA) is 54.9 Å². The minimum absolute atomic E-state index is 0.164. The van der Waals surface area contributed by atoms with Gasteiger partial charge in [-0.15, -0.1) is 0 Å². The number of rotatable bonds is 4. The molecule has 5 rings (SSSR count). The molecule has 2 aliphatic rings. The van der Waals surface area contributed by atoms with E-state index in [-0.39, 0.29) is 11.6 Å². The standard InChI is InChI=1S/C30H35N5/c1-6-25-33-28(23-12-14-24(15-13-23)30(5)19-29(3,4)20-30)27(22-10-8-7-9-11-22)32-17-16-31-26-18-21(2)34-35(25)26/h7-16,18,25H,6,17,19-20H2,1-5H3. The zero-order chi connectivity index (χ0) is 24.6. The van der Waals surface area contributed by atoms with Gasteiger partial charge in [0.1, 0.15) is 6.17 Å². The number of benzene rings is 2. The summed E-state index contributed by atoms with van der Waals surface area (Å²) in [6.45, 7) is 11.7. The smallest absolute Gasteiger partial charge is 0.152 e. The SMILES string of the molecule is CCC1N=C(c2ccc(C3(C)CC(C)(C)C3)cc2)C(c2ccccc2)=NCC=Nc2cc(C)nn21. The fraction of sp³-hybridized carbons (Fsp3) is 0.400. The molecule has 1 fully saturated rings. The van der Waals surface area contributed by atoms with Crippen LogP contribution in [0.2, 0.25) is 0 Å². The lowest BCUT2D eigenvalue weighted by atomic mass is 9.53. The molecule has 2 heterocycles. The molecule has 1 aliphatic carbocycles. The van der Waals surface area contributed by atoms with Gasteiger partial charge in [-0.05, 0) is 42.6 Å². The highest BCUT2D eigenvalue weighted by molar-refractivity contribution is 6.53. The van der Waals surface area contributed by atoms with Crippen molar-refractivity contribution in [2.75, 3.05) is 6.54 Å². The second kappa shape index (κ2) is 9.03. The third-order valence-corrected chi connectivity index (χ3v) is 7.18. The molecule has 2 aromatic carbocycles. The summed E-state index contributed by atoms with van der Waals surface area (Å²) < 4.78 is 1.95. The van der Waals surface area contributed by atoms with Gasteiger partial charge in [0.25, 0.3) is 0 Å². The summed E-state index contributed by atoms with van der Waals surface area (Å²) in [6.07, 6.45) is 4.95. The Hall–Kier alpha value is -3.34. The van der Waals surface area contributed by atoms with Crippen molar-refractivity contribution in [1.29, 1.82) is 0 Å². The van der Waals surface area contributed by atoms with Crippen molar-refractivity contribution in [3.8, 4) is 0 Å². The zero-order valence-corrected chi connectivity index (χ0v) is 21.5. The maximum atomic E-state index is 5.30. The third-order valence-electron chi connectivity index (χ3n) is 7.18. The monoisotopic (exact) mass is 465 g/mol. The summed E-state index contributed by atoms with van der Waals surface area (Å²) in [4.78, 5) is 14.9. The summed E-state index contributed by atoms with van der Waals surface area (Å²) in [5, 5.41) is 4.74. The average Bonchev–Trinajstić information content (AvgIpc) is 3.20. The third kappa shape index (κ3) is 4.64. The van der Waals surface area contributed by atoms with Crippen LogP contribution in [0.3, 0.4) is 0 Å². The molecule has 180 valence electrons. The molecule has 1 unspecified atom stereocenters. The van der Waals surface area contributed by atoms with E-state index in [0.29, 0.717) is 12.0 Å². The lowest BCUT2D eigenvalue weighted by Crippen LogP contribution is -2.44. The number of aryl methyl sites for hydroxylation is 1. The first-order valence-corrected chi connectivity index (χ1v) is 12.7. The Morgan fingerprint density at radius 3 is 2.26 bits per heavy atom. The molecule has 5 heteroatoms. The van der Waals surface area contributed by atoms with Crippen LogP contribution in [-0.2, 0) is 5.41 Å². The molecule has 0 N–H and O–H groups in total. The Kier molecular flexibility index (Phi) is 6.04. The molecule has 3 aromatic rings. The summed E-state index contributed by atoms with van der Waals surface area (Å²) in [7, 11) is 0. The van der Waals surface area contributed by atoms with Crippen LogP contribution in [0.25, 0.3) is 0 Å². The first-order chi connectivity index (χ1) is 16.8. The minimum Gasteiger partial charge on any atom is -0.277 e. The number of hydrogen-bond donors (Lipinski definition) is 0. The molecule has 1 aromatic heterocycles. The van der Waals surface area contributed by atoms with Gasteiger partial charge in [0.2, 0.25) is 0 Å². The number of nitrogens with zero attached hydrogens (tertiary/aromatic N) is 5. The van der Waals surface area contributed by atoms with Crippen LogP contribution in [0.1, 0.15) is 75.5 Å². The fourth-order valence-electron chi connectivity index (χ4n) is 6.02. The Labute approximate surface area is 208 Å². The highest BCUT2D eigenvalue weighted by Gasteiger charge is 2.46. The van der Waals surface area contributed by atoms with Crippen LogP contribution in [0.4, 0.5) is 5.82 Å². The molecule has 0 amide bonds. The lowest BCUT2D eigenvalue weighted by Gasteiger charge is -2.52. The first kappa shape index (κ1) is 23.4. The Morgan fingerprint density at radius 1 is 0.914 bits per heavy atom. The highest BCUT2D eigenvalue weighted by atomic mass is 15.4. The molecule has 0 spiro atoms. The summed E-state index contributed by atoms with van der Waals surface area (Å²) in [5.74, 6) is 0.826.